The Bertz CT molecular complexity index is 369. The van der Waals surface area contributed by atoms with Crippen LogP contribution in [0, 0.1) is 11.6 Å². The quantitative estimate of drug-likeness (QED) is 0.363. The van der Waals surface area contributed by atoms with Crippen molar-refractivity contribution in [3.8, 4) is 0 Å². The van der Waals surface area contributed by atoms with Gasteiger partial charge in [0.1, 0.15) is 11.6 Å². The average Bonchev–Trinajstić information content (AvgIpc) is 2.20. The Balaban J connectivity index is 3.11. The van der Waals surface area contributed by atoms with Crippen LogP contribution < -0.4 is 11.3 Å². The van der Waals surface area contributed by atoms with Gasteiger partial charge in [0.2, 0.25) is 0 Å². The van der Waals surface area contributed by atoms with Gasteiger partial charge >= 0.3 is 0 Å². The Morgan fingerprint density at radius 1 is 1.47 bits per heavy atom. The van der Waals surface area contributed by atoms with E-state index in [0.29, 0.717) is 6.42 Å². The lowest BCUT2D eigenvalue weighted by Gasteiger charge is -2.15. The van der Waals surface area contributed by atoms with Gasteiger partial charge in [-0.2, -0.15) is 0 Å². The van der Waals surface area contributed by atoms with Crippen LogP contribution in [0.2, 0.25) is 5.02 Å². The summed E-state index contributed by atoms with van der Waals surface area (Å²) in [5.41, 5.74) is 2.52. The second-order valence-corrected chi connectivity index (χ2v) is 3.44. The first-order valence-electron chi connectivity index (χ1n) is 4.31. The lowest BCUT2D eigenvalue weighted by atomic mass is 10.0. The number of hydrogen-bond acceptors (Lipinski definition) is 2. The average molecular weight is 233 g/mol. The van der Waals surface area contributed by atoms with Crippen LogP contribution in [0.15, 0.2) is 24.8 Å². The number of hydrogen-bond donors (Lipinski definition) is 2. The third-order valence-corrected chi connectivity index (χ3v) is 2.31. The Hall–Kier alpha value is -0.970. The zero-order valence-electron chi connectivity index (χ0n) is 7.93. The van der Waals surface area contributed by atoms with E-state index in [1.807, 2.05) is 0 Å². The maximum atomic E-state index is 13.4. The summed E-state index contributed by atoms with van der Waals surface area (Å²) in [4.78, 5) is 0. The fourth-order valence-corrected chi connectivity index (χ4v) is 1.41. The van der Waals surface area contributed by atoms with Gasteiger partial charge in [0.05, 0.1) is 11.1 Å². The molecule has 5 heteroatoms. The molecule has 1 atom stereocenters. The van der Waals surface area contributed by atoms with Crippen molar-refractivity contribution in [2.75, 3.05) is 0 Å². The first-order chi connectivity index (χ1) is 7.10. The third-order valence-electron chi connectivity index (χ3n) is 2.02. The minimum Gasteiger partial charge on any atom is -0.271 e. The van der Waals surface area contributed by atoms with Gasteiger partial charge in [0.25, 0.3) is 0 Å². The predicted molar refractivity (Wildman–Crippen MR) is 56.2 cm³/mol. The maximum Gasteiger partial charge on any atom is 0.142 e. The second-order valence-electron chi connectivity index (χ2n) is 3.03. The van der Waals surface area contributed by atoms with Gasteiger partial charge in [-0.15, -0.1) is 6.58 Å². The number of nitrogens with one attached hydrogen (secondary N) is 1. The summed E-state index contributed by atoms with van der Waals surface area (Å²) in [5.74, 6) is 3.97. The molecule has 0 heterocycles. The maximum absolute atomic E-state index is 13.4. The van der Waals surface area contributed by atoms with Crippen LogP contribution in [0.3, 0.4) is 0 Å². The summed E-state index contributed by atoms with van der Waals surface area (Å²) in [6.45, 7) is 3.51. The lowest BCUT2D eigenvalue weighted by Crippen LogP contribution is -2.28. The van der Waals surface area contributed by atoms with Gasteiger partial charge in [-0.05, 0) is 18.6 Å². The van der Waals surface area contributed by atoms with Crippen molar-refractivity contribution in [3.05, 3.63) is 47.0 Å². The number of halogens is 3. The zero-order chi connectivity index (χ0) is 11.4. The number of rotatable bonds is 4. The van der Waals surface area contributed by atoms with Crippen molar-refractivity contribution in [3.63, 3.8) is 0 Å². The second kappa shape index (κ2) is 5.21. The molecule has 1 unspecified atom stereocenters. The summed E-state index contributed by atoms with van der Waals surface area (Å²) in [6.07, 6.45) is 1.96. The molecule has 1 rings (SSSR count). The Morgan fingerprint density at radius 3 is 2.67 bits per heavy atom. The minimum absolute atomic E-state index is 0.138. The summed E-state index contributed by atoms with van der Waals surface area (Å²) < 4.78 is 26.5. The van der Waals surface area contributed by atoms with Crippen molar-refractivity contribution >= 4 is 11.6 Å². The van der Waals surface area contributed by atoms with Gasteiger partial charge in [-0.1, -0.05) is 17.7 Å². The van der Waals surface area contributed by atoms with Crippen LogP contribution in [-0.2, 0) is 0 Å². The Morgan fingerprint density at radius 2 is 2.13 bits per heavy atom. The molecule has 0 spiro atoms. The smallest absolute Gasteiger partial charge is 0.142 e. The summed E-state index contributed by atoms with van der Waals surface area (Å²) in [6, 6.07) is 1.46. The zero-order valence-corrected chi connectivity index (χ0v) is 8.69. The minimum atomic E-state index is -0.669. The van der Waals surface area contributed by atoms with Crippen LogP contribution in [0.4, 0.5) is 8.78 Å². The monoisotopic (exact) mass is 232 g/mol. The van der Waals surface area contributed by atoms with E-state index in [2.05, 4.69) is 12.0 Å². The van der Waals surface area contributed by atoms with Gasteiger partial charge < -0.3 is 0 Å². The van der Waals surface area contributed by atoms with Crippen LogP contribution in [0.5, 0.6) is 0 Å². The van der Waals surface area contributed by atoms with E-state index < -0.39 is 17.7 Å². The lowest BCUT2D eigenvalue weighted by molar-refractivity contribution is 0.508. The first-order valence-corrected chi connectivity index (χ1v) is 4.69. The molecule has 1 aromatic carbocycles. The molecule has 0 saturated heterocycles. The van der Waals surface area contributed by atoms with Gasteiger partial charge in [0, 0.05) is 5.56 Å². The van der Waals surface area contributed by atoms with Gasteiger partial charge in [-0.3, -0.25) is 11.3 Å². The van der Waals surface area contributed by atoms with E-state index in [9.17, 15) is 8.78 Å². The van der Waals surface area contributed by atoms with Crippen LogP contribution >= 0.6 is 11.6 Å². The molecular formula is C10H11ClF2N2. The topological polar surface area (TPSA) is 38.0 Å². The number of benzene rings is 1. The van der Waals surface area contributed by atoms with Crippen LogP contribution in [-0.4, -0.2) is 0 Å². The summed E-state index contributed by atoms with van der Waals surface area (Å²) in [5, 5.41) is -0.245. The summed E-state index contributed by atoms with van der Waals surface area (Å²) >= 11 is 5.42. The molecule has 3 N–H and O–H groups in total. The number of hydrazine groups is 1. The molecule has 15 heavy (non-hydrogen) atoms. The van der Waals surface area contributed by atoms with Crippen molar-refractivity contribution in [1.82, 2.24) is 5.43 Å². The summed E-state index contributed by atoms with van der Waals surface area (Å²) in [7, 11) is 0. The standard InChI is InChI=1S/C10H11ClF2N2/c1-2-3-10(15-14)6-4-9(13)7(11)5-8(6)12/h2,4-5,10,15H,1,3,14H2. The van der Waals surface area contributed by atoms with Crippen LogP contribution in [0.25, 0.3) is 0 Å². The molecule has 0 aromatic heterocycles. The molecule has 0 amide bonds. The SMILES string of the molecule is C=CCC(NN)c1cc(F)c(Cl)cc1F. The molecule has 0 radical (unpaired) electrons. The highest BCUT2D eigenvalue weighted by atomic mass is 35.5. The Kier molecular flexibility index (Phi) is 4.20. The van der Waals surface area contributed by atoms with E-state index in [1.54, 1.807) is 6.08 Å². The van der Waals surface area contributed by atoms with E-state index in [1.165, 1.54) is 0 Å². The molecule has 0 aliphatic rings. The van der Waals surface area contributed by atoms with Crippen molar-refractivity contribution in [2.24, 2.45) is 5.84 Å². The van der Waals surface area contributed by atoms with Crippen LogP contribution in [0.1, 0.15) is 18.0 Å². The number of nitrogens with two attached hydrogens (primary N) is 1. The molecule has 0 aliphatic carbocycles. The largest absolute Gasteiger partial charge is 0.271 e. The fourth-order valence-electron chi connectivity index (χ4n) is 1.26. The van der Waals surface area contributed by atoms with E-state index >= 15 is 0 Å². The van der Waals surface area contributed by atoms with E-state index in [4.69, 9.17) is 17.4 Å². The highest BCUT2D eigenvalue weighted by Crippen LogP contribution is 2.25. The van der Waals surface area contributed by atoms with Gasteiger partial charge in [0.15, 0.2) is 0 Å². The normalized spacial score (nSPS) is 12.5. The fraction of sp³-hybridized carbons (Fsp3) is 0.200. The van der Waals surface area contributed by atoms with Crippen molar-refractivity contribution in [1.29, 1.82) is 0 Å². The Labute approximate surface area is 91.7 Å². The molecular weight excluding hydrogens is 222 g/mol. The molecule has 0 aliphatic heterocycles. The van der Waals surface area contributed by atoms with Gasteiger partial charge in [-0.25, -0.2) is 8.78 Å². The molecule has 0 saturated carbocycles. The molecule has 2 nitrogen and oxygen atoms in total. The highest BCUT2D eigenvalue weighted by Gasteiger charge is 2.15. The van der Waals surface area contributed by atoms with Crippen molar-refractivity contribution < 1.29 is 8.78 Å². The van der Waals surface area contributed by atoms with Crippen molar-refractivity contribution in [2.45, 2.75) is 12.5 Å². The molecule has 0 bridgehead atoms. The van der Waals surface area contributed by atoms with E-state index in [0.717, 1.165) is 12.1 Å². The molecule has 82 valence electrons. The predicted octanol–water partition coefficient (Wildman–Crippen LogP) is 2.70. The molecule has 0 fully saturated rings. The first kappa shape index (κ1) is 12.1. The highest BCUT2D eigenvalue weighted by molar-refractivity contribution is 6.30. The third kappa shape index (κ3) is 2.75. The van der Waals surface area contributed by atoms with E-state index in [-0.39, 0.29) is 10.6 Å². The molecule has 1 aromatic rings.